The van der Waals surface area contributed by atoms with Crippen LogP contribution in [0.4, 0.5) is 5.69 Å². The van der Waals surface area contributed by atoms with E-state index in [1.807, 2.05) is 17.9 Å². The van der Waals surface area contributed by atoms with Gasteiger partial charge in [0, 0.05) is 24.2 Å². The molecule has 0 bridgehead atoms. The van der Waals surface area contributed by atoms with Crippen LogP contribution in [-0.2, 0) is 4.79 Å². The third-order valence-electron chi connectivity index (χ3n) is 3.87. The van der Waals surface area contributed by atoms with E-state index in [9.17, 15) is 4.79 Å². The number of methoxy groups -OCH3 is 1. The highest BCUT2D eigenvalue weighted by atomic mass is 35.5. The Morgan fingerprint density at radius 1 is 1.29 bits per heavy atom. The number of hydrogen-bond donors (Lipinski definition) is 1. The molecule has 2 rings (SSSR count). The highest BCUT2D eigenvalue weighted by Crippen LogP contribution is 2.30. The second-order valence-electron chi connectivity index (χ2n) is 5.45. The molecule has 1 heterocycles. The van der Waals surface area contributed by atoms with Crippen molar-refractivity contribution in [2.45, 2.75) is 32.6 Å². The molecule has 21 heavy (non-hydrogen) atoms. The number of anilines is 1. The molecule has 1 aromatic rings. The minimum absolute atomic E-state index is 0.145. The summed E-state index contributed by atoms with van der Waals surface area (Å²) in [6, 6.07) is 3.69. The number of rotatable bonds is 4. The number of hydrogen-bond acceptors (Lipinski definition) is 3. The first-order valence-electron chi connectivity index (χ1n) is 7.47. The van der Waals surface area contributed by atoms with Gasteiger partial charge in [-0.1, -0.05) is 24.4 Å². The number of ether oxygens (including phenoxy) is 1. The first kappa shape index (κ1) is 16.0. The fraction of sp³-hybridized carbons (Fsp3) is 0.562. The van der Waals surface area contributed by atoms with E-state index in [0.717, 1.165) is 37.2 Å². The van der Waals surface area contributed by atoms with Gasteiger partial charge in [-0.05, 0) is 31.4 Å². The van der Waals surface area contributed by atoms with Crippen molar-refractivity contribution in [2.24, 2.45) is 0 Å². The Kier molecular flexibility index (Phi) is 5.74. The van der Waals surface area contributed by atoms with Crippen LogP contribution in [0.3, 0.4) is 0 Å². The molecule has 1 fully saturated rings. The first-order valence-corrected chi connectivity index (χ1v) is 7.85. The standard InChI is InChI=1S/C16H23ClN2O2/c1-12-9-14(15(21-2)10-13(12)17)18-11-16(20)19-7-5-3-4-6-8-19/h9-10,18H,3-8,11H2,1-2H3. The minimum Gasteiger partial charge on any atom is -0.495 e. The van der Waals surface area contributed by atoms with Gasteiger partial charge in [0.2, 0.25) is 5.91 Å². The van der Waals surface area contributed by atoms with Crippen LogP contribution in [0.2, 0.25) is 5.02 Å². The second kappa shape index (κ2) is 7.55. The molecule has 0 atom stereocenters. The quantitative estimate of drug-likeness (QED) is 0.926. The lowest BCUT2D eigenvalue weighted by Crippen LogP contribution is -2.36. The lowest BCUT2D eigenvalue weighted by molar-refractivity contribution is -0.129. The number of likely N-dealkylation sites (tertiary alicyclic amines) is 1. The summed E-state index contributed by atoms with van der Waals surface area (Å²) in [7, 11) is 1.60. The van der Waals surface area contributed by atoms with Gasteiger partial charge in [-0.25, -0.2) is 0 Å². The third kappa shape index (κ3) is 4.27. The predicted molar refractivity (Wildman–Crippen MR) is 86.3 cm³/mol. The van der Waals surface area contributed by atoms with Crippen LogP contribution in [0.1, 0.15) is 31.2 Å². The Labute approximate surface area is 131 Å². The maximum absolute atomic E-state index is 12.3. The van der Waals surface area contributed by atoms with Crippen molar-refractivity contribution in [3.05, 3.63) is 22.7 Å². The van der Waals surface area contributed by atoms with E-state index in [2.05, 4.69) is 5.32 Å². The number of halogens is 1. The van der Waals surface area contributed by atoms with Gasteiger partial charge >= 0.3 is 0 Å². The normalized spacial score (nSPS) is 15.5. The maximum atomic E-state index is 12.3. The van der Waals surface area contributed by atoms with Crippen LogP contribution in [0.25, 0.3) is 0 Å². The van der Waals surface area contributed by atoms with Crippen LogP contribution >= 0.6 is 11.6 Å². The molecule has 0 aromatic heterocycles. The van der Waals surface area contributed by atoms with Gasteiger partial charge in [0.25, 0.3) is 0 Å². The van der Waals surface area contributed by atoms with Gasteiger partial charge in [0.1, 0.15) is 5.75 Å². The van der Waals surface area contributed by atoms with E-state index in [4.69, 9.17) is 16.3 Å². The predicted octanol–water partition coefficient (Wildman–Crippen LogP) is 3.47. The average molecular weight is 311 g/mol. The second-order valence-corrected chi connectivity index (χ2v) is 5.86. The van der Waals surface area contributed by atoms with Crippen molar-refractivity contribution in [1.82, 2.24) is 4.90 Å². The van der Waals surface area contributed by atoms with Crippen LogP contribution in [0.5, 0.6) is 5.75 Å². The lowest BCUT2D eigenvalue weighted by atomic mass is 10.2. The smallest absolute Gasteiger partial charge is 0.241 e. The molecule has 0 spiro atoms. The zero-order valence-electron chi connectivity index (χ0n) is 12.7. The topological polar surface area (TPSA) is 41.6 Å². The summed E-state index contributed by atoms with van der Waals surface area (Å²) in [6.45, 7) is 3.97. The number of nitrogens with zero attached hydrogens (tertiary/aromatic N) is 1. The van der Waals surface area contributed by atoms with Crippen molar-refractivity contribution in [3.63, 3.8) is 0 Å². The van der Waals surface area contributed by atoms with E-state index >= 15 is 0 Å². The fourth-order valence-corrected chi connectivity index (χ4v) is 2.73. The monoisotopic (exact) mass is 310 g/mol. The van der Waals surface area contributed by atoms with Crippen molar-refractivity contribution >= 4 is 23.2 Å². The van der Waals surface area contributed by atoms with Gasteiger partial charge in [0.15, 0.2) is 0 Å². The summed E-state index contributed by atoms with van der Waals surface area (Å²) in [5.74, 6) is 0.806. The van der Waals surface area contributed by atoms with Crippen LogP contribution in [0, 0.1) is 6.92 Å². The number of benzene rings is 1. The molecule has 0 radical (unpaired) electrons. The average Bonchev–Trinajstić information content (AvgIpc) is 2.76. The van der Waals surface area contributed by atoms with Crippen LogP contribution in [-0.4, -0.2) is 37.6 Å². The first-order chi connectivity index (χ1) is 10.1. The van der Waals surface area contributed by atoms with E-state index in [1.165, 1.54) is 12.8 Å². The molecular formula is C16H23ClN2O2. The fourth-order valence-electron chi connectivity index (χ4n) is 2.57. The summed E-state index contributed by atoms with van der Waals surface area (Å²) in [4.78, 5) is 14.2. The molecular weight excluding hydrogens is 288 g/mol. The maximum Gasteiger partial charge on any atom is 0.241 e. The summed E-state index contributed by atoms with van der Waals surface area (Å²) in [5, 5.41) is 3.84. The summed E-state index contributed by atoms with van der Waals surface area (Å²) < 4.78 is 5.31. The van der Waals surface area contributed by atoms with Crippen LogP contribution < -0.4 is 10.1 Å². The van der Waals surface area contributed by atoms with Gasteiger partial charge in [-0.2, -0.15) is 0 Å². The Bertz CT molecular complexity index is 497. The van der Waals surface area contributed by atoms with E-state index in [0.29, 0.717) is 10.8 Å². The van der Waals surface area contributed by atoms with E-state index < -0.39 is 0 Å². The summed E-state index contributed by atoms with van der Waals surface area (Å²) in [6.07, 6.45) is 4.66. The van der Waals surface area contributed by atoms with Crippen molar-refractivity contribution < 1.29 is 9.53 Å². The molecule has 1 saturated heterocycles. The highest BCUT2D eigenvalue weighted by molar-refractivity contribution is 6.31. The zero-order valence-corrected chi connectivity index (χ0v) is 13.5. The Morgan fingerprint density at radius 2 is 1.95 bits per heavy atom. The Morgan fingerprint density at radius 3 is 2.57 bits per heavy atom. The number of carbonyl (C=O) groups is 1. The third-order valence-corrected chi connectivity index (χ3v) is 4.28. The summed E-state index contributed by atoms with van der Waals surface area (Å²) >= 11 is 6.08. The molecule has 1 aliphatic rings. The number of amides is 1. The number of aryl methyl sites for hydroxylation is 1. The molecule has 1 N–H and O–H groups in total. The Hall–Kier alpha value is -1.42. The SMILES string of the molecule is COc1cc(Cl)c(C)cc1NCC(=O)N1CCCCCC1. The van der Waals surface area contributed by atoms with E-state index in [-0.39, 0.29) is 12.5 Å². The summed E-state index contributed by atoms with van der Waals surface area (Å²) in [5.41, 5.74) is 1.77. The largest absolute Gasteiger partial charge is 0.495 e. The van der Waals surface area contributed by atoms with E-state index in [1.54, 1.807) is 13.2 Å². The molecule has 1 amide bonds. The minimum atomic E-state index is 0.145. The van der Waals surface area contributed by atoms with Gasteiger partial charge in [-0.15, -0.1) is 0 Å². The molecule has 0 saturated carbocycles. The molecule has 0 aliphatic carbocycles. The van der Waals surface area contributed by atoms with Crippen LogP contribution in [0.15, 0.2) is 12.1 Å². The van der Waals surface area contributed by atoms with Gasteiger partial charge < -0.3 is 15.0 Å². The number of carbonyl (C=O) groups excluding carboxylic acids is 1. The van der Waals surface area contributed by atoms with Gasteiger partial charge in [-0.3, -0.25) is 4.79 Å². The van der Waals surface area contributed by atoms with Crippen molar-refractivity contribution in [3.8, 4) is 5.75 Å². The Balaban J connectivity index is 1.98. The molecule has 4 nitrogen and oxygen atoms in total. The molecule has 1 aromatic carbocycles. The van der Waals surface area contributed by atoms with Gasteiger partial charge in [0.05, 0.1) is 19.3 Å². The van der Waals surface area contributed by atoms with Crippen molar-refractivity contribution in [2.75, 3.05) is 32.1 Å². The lowest BCUT2D eigenvalue weighted by Gasteiger charge is -2.21. The highest BCUT2D eigenvalue weighted by Gasteiger charge is 2.16. The molecule has 0 unspecified atom stereocenters. The zero-order chi connectivity index (χ0) is 15.2. The number of nitrogens with one attached hydrogen (secondary N) is 1. The molecule has 5 heteroatoms. The molecule has 116 valence electrons. The molecule has 1 aliphatic heterocycles. The van der Waals surface area contributed by atoms with Crippen molar-refractivity contribution in [1.29, 1.82) is 0 Å².